The van der Waals surface area contributed by atoms with Gasteiger partial charge in [0.15, 0.2) is 0 Å². The fourth-order valence-electron chi connectivity index (χ4n) is 1.40. The number of aliphatic carboxylic acids is 1. The number of carbonyl (C=O) groups is 1. The number of halogens is 3. The third-order valence-electron chi connectivity index (χ3n) is 2.13. The zero-order valence-corrected chi connectivity index (χ0v) is 13.1. The molecule has 18 heavy (non-hydrogen) atoms. The molecule has 0 unspecified atom stereocenters. The van der Waals surface area contributed by atoms with Crippen molar-refractivity contribution in [1.29, 1.82) is 5.26 Å². The molecule has 0 radical (unpaired) electrons. The molecule has 3 nitrogen and oxygen atoms in total. The summed E-state index contributed by atoms with van der Waals surface area (Å²) in [4.78, 5) is 11.4. The Morgan fingerprint density at radius 2 is 2.17 bits per heavy atom. The van der Waals surface area contributed by atoms with Crippen LogP contribution >= 0.6 is 51.5 Å². The van der Waals surface area contributed by atoms with Crippen molar-refractivity contribution >= 4 is 66.5 Å². The summed E-state index contributed by atoms with van der Waals surface area (Å²) in [6.45, 7) is 0. The van der Waals surface area contributed by atoms with Gasteiger partial charge in [0.2, 0.25) is 0 Å². The maximum atomic E-state index is 11.2. The second-order valence-electron chi connectivity index (χ2n) is 3.21. The van der Waals surface area contributed by atoms with Gasteiger partial charge in [0.05, 0.1) is 0 Å². The first-order valence-corrected chi connectivity index (χ1v) is 9.76. The van der Waals surface area contributed by atoms with Crippen molar-refractivity contribution in [2.75, 3.05) is 0 Å². The molecule has 92 valence electrons. The fourth-order valence-corrected chi connectivity index (χ4v) is 6.77. The highest BCUT2D eigenvalue weighted by Gasteiger charge is 2.27. The lowest BCUT2D eigenvalue weighted by Gasteiger charge is -2.07. The zero-order valence-electron chi connectivity index (χ0n) is 8.58. The van der Waals surface area contributed by atoms with Gasteiger partial charge in [0.25, 0.3) is 0 Å². The second kappa shape index (κ2) is 5.61. The van der Waals surface area contributed by atoms with E-state index in [1.807, 2.05) is 0 Å². The molecule has 1 heterocycles. The second-order valence-corrected chi connectivity index (χ2v) is 8.50. The largest absolute Gasteiger partial charge is 0.477 e. The van der Waals surface area contributed by atoms with Crippen molar-refractivity contribution in [3.8, 4) is 6.07 Å². The molecule has 1 N–H and O–H groups in total. The van der Waals surface area contributed by atoms with Crippen molar-refractivity contribution in [2.24, 2.45) is 0 Å². The number of carboxylic acids is 1. The van der Waals surface area contributed by atoms with Crippen LogP contribution in [0.4, 0.5) is 0 Å². The SMILES string of the molecule is N#CC1=ISC(C(=O)O)=C1c1ccc(Cl)cc1Cl. The summed E-state index contributed by atoms with van der Waals surface area (Å²) in [5.74, 6) is -1.02. The molecule has 0 bridgehead atoms. The zero-order chi connectivity index (χ0) is 13.3. The van der Waals surface area contributed by atoms with E-state index in [0.29, 0.717) is 24.7 Å². The van der Waals surface area contributed by atoms with Crippen LogP contribution in [0.3, 0.4) is 0 Å². The van der Waals surface area contributed by atoms with Crippen molar-refractivity contribution < 1.29 is 9.90 Å². The highest BCUT2D eigenvalue weighted by atomic mass is 127. The smallest absolute Gasteiger partial charge is 0.343 e. The number of hydrogen-bond donors (Lipinski definition) is 1. The summed E-state index contributed by atoms with van der Waals surface area (Å²) in [6, 6.07) is 6.89. The van der Waals surface area contributed by atoms with Crippen LogP contribution in [-0.4, -0.2) is 14.6 Å². The standard InChI is InChI=1S/C11H4Cl2INO2S/c12-5-1-2-6(7(13)3-5)9-8(4-15)14-18-10(9)11(16)17/h1-3H,(H,16,17). The molecule has 2 rings (SSSR count). The minimum atomic E-state index is -1.02. The number of benzene rings is 1. The van der Waals surface area contributed by atoms with Crippen molar-refractivity contribution in [3.05, 3.63) is 38.7 Å². The summed E-state index contributed by atoms with van der Waals surface area (Å²) < 4.78 is 0.528. The van der Waals surface area contributed by atoms with Gasteiger partial charge in [0.1, 0.15) is 14.5 Å². The molecular formula is C11H4Cl2INO2S. The van der Waals surface area contributed by atoms with E-state index < -0.39 is 25.3 Å². The van der Waals surface area contributed by atoms with E-state index in [4.69, 9.17) is 33.6 Å². The molecule has 0 saturated carbocycles. The van der Waals surface area contributed by atoms with E-state index in [-0.39, 0.29) is 4.91 Å². The van der Waals surface area contributed by atoms with Crippen LogP contribution in [-0.2, 0) is 4.79 Å². The summed E-state index contributed by atoms with van der Waals surface area (Å²) in [5.41, 5.74) is 1.00. The Labute approximate surface area is 126 Å². The fraction of sp³-hybridized carbons (Fsp3) is 0. The Hall–Kier alpha value is -0.550. The average Bonchev–Trinajstić information content (AvgIpc) is 2.72. The van der Waals surface area contributed by atoms with Crippen LogP contribution < -0.4 is 0 Å². The van der Waals surface area contributed by atoms with Gasteiger partial charge < -0.3 is 5.11 Å². The van der Waals surface area contributed by atoms with Crippen molar-refractivity contribution in [2.45, 2.75) is 0 Å². The normalized spacial score (nSPS) is 14.8. The predicted octanol–water partition coefficient (Wildman–Crippen LogP) is 4.12. The highest BCUT2D eigenvalue weighted by molar-refractivity contribution is 14.2. The van der Waals surface area contributed by atoms with E-state index in [2.05, 4.69) is 6.07 Å². The topological polar surface area (TPSA) is 61.1 Å². The Bertz CT molecular complexity index is 649. The van der Waals surface area contributed by atoms with E-state index in [0.717, 1.165) is 0 Å². The first-order valence-electron chi connectivity index (χ1n) is 4.56. The van der Waals surface area contributed by atoms with Gasteiger partial charge in [-0.05, 0) is 40.4 Å². The van der Waals surface area contributed by atoms with Crippen LogP contribution in [0.2, 0.25) is 10.0 Å². The number of carboxylic acid groups (broad SMARTS) is 1. The quantitative estimate of drug-likeness (QED) is 0.743. The maximum absolute atomic E-state index is 11.2. The Balaban J connectivity index is 2.65. The number of nitrogens with zero attached hydrogens (tertiary/aromatic N) is 1. The van der Waals surface area contributed by atoms with Gasteiger partial charge in [-0.1, -0.05) is 29.3 Å². The van der Waals surface area contributed by atoms with E-state index in [9.17, 15) is 4.79 Å². The Kier molecular flexibility index (Phi) is 4.33. The lowest BCUT2D eigenvalue weighted by Crippen LogP contribution is -2.03. The summed E-state index contributed by atoms with van der Waals surface area (Å²) in [5, 5.41) is 19.1. The average molecular weight is 412 g/mol. The monoisotopic (exact) mass is 411 g/mol. The van der Waals surface area contributed by atoms with Gasteiger partial charge >= 0.3 is 5.97 Å². The molecule has 0 atom stereocenters. The van der Waals surface area contributed by atoms with E-state index >= 15 is 0 Å². The number of hydrogen-bond acceptors (Lipinski definition) is 3. The van der Waals surface area contributed by atoms with Crippen LogP contribution in [0.5, 0.6) is 0 Å². The van der Waals surface area contributed by atoms with Crippen LogP contribution in [0, 0.1) is 11.3 Å². The molecule has 1 aromatic rings. The third-order valence-corrected chi connectivity index (χ3v) is 7.53. The van der Waals surface area contributed by atoms with Gasteiger partial charge in [-0.15, -0.1) is 0 Å². The molecule has 0 saturated heterocycles. The third kappa shape index (κ3) is 2.57. The van der Waals surface area contributed by atoms with E-state index in [1.165, 1.54) is 8.93 Å². The van der Waals surface area contributed by atoms with Gasteiger partial charge in [0, 0.05) is 21.2 Å². The minimum Gasteiger partial charge on any atom is -0.477 e. The number of nitriles is 1. The number of allylic oxidation sites excluding steroid dienone is 1. The summed E-state index contributed by atoms with van der Waals surface area (Å²) in [6.07, 6.45) is 0. The lowest BCUT2D eigenvalue weighted by molar-refractivity contribution is -0.131. The molecule has 1 aliphatic rings. The molecule has 7 heteroatoms. The summed E-state index contributed by atoms with van der Waals surface area (Å²) >= 11 is 11.2. The lowest BCUT2D eigenvalue weighted by atomic mass is 10.0. The predicted molar refractivity (Wildman–Crippen MR) is 83.2 cm³/mol. The Morgan fingerprint density at radius 3 is 2.72 bits per heavy atom. The van der Waals surface area contributed by atoms with Gasteiger partial charge in [-0.2, -0.15) is 5.26 Å². The van der Waals surface area contributed by atoms with E-state index in [1.54, 1.807) is 18.2 Å². The molecule has 1 aromatic carbocycles. The summed E-state index contributed by atoms with van der Waals surface area (Å²) in [7, 11) is 1.24. The molecule has 0 fully saturated rings. The van der Waals surface area contributed by atoms with Crippen molar-refractivity contribution in [1.82, 2.24) is 0 Å². The highest BCUT2D eigenvalue weighted by Crippen LogP contribution is 2.47. The molecule has 0 spiro atoms. The maximum Gasteiger partial charge on any atom is 0.343 e. The first-order chi connectivity index (χ1) is 8.54. The van der Waals surface area contributed by atoms with Crippen LogP contribution in [0.25, 0.3) is 5.57 Å². The molecule has 0 aliphatic carbocycles. The molecule has 0 amide bonds. The minimum absolute atomic E-state index is 0.198. The molecular weight excluding hydrogens is 408 g/mol. The van der Waals surface area contributed by atoms with Crippen LogP contribution in [0.15, 0.2) is 23.1 Å². The Morgan fingerprint density at radius 1 is 1.44 bits per heavy atom. The van der Waals surface area contributed by atoms with Crippen LogP contribution in [0.1, 0.15) is 5.56 Å². The van der Waals surface area contributed by atoms with Crippen molar-refractivity contribution in [3.63, 3.8) is 0 Å². The molecule has 1 aliphatic heterocycles. The number of rotatable bonds is 2. The van der Waals surface area contributed by atoms with Gasteiger partial charge in [-0.25, -0.2) is 4.79 Å². The van der Waals surface area contributed by atoms with Gasteiger partial charge in [-0.3, -0.25) is 0 Å². The molecule has 0 aromatic heterocycles. The first kappa shape index (κ1) is 13.9.